The topological polar surface area (TPSA) is 24.7 Å². The van der Waals surface area contributed by atoms with Crippen molar-refractivity contribution in [3.63, 3.8) is 0 Å². The molecule has 0 atom stereocenters. The van der Waals surface area contributed by atoms with Gasteiger partial charge in [0.15, 0.2) is 0 Å². The van der Waals surface area contributed by atoms with E-state index < -0.39 is 0 Å². The third-order valence-electron chi connectivity index (χ3n) is 8.26. The lowest BCUT2D eigenvalue weighted by Gasteiger charge is -2.09. The molecule has 8 rings (SSSR count). The predicted octanol–water partition coefficient (Wildman–Crippen LogP) is 9.81. The minimum Gasteiger partial charge on any atom is -0.245 e. The number of benzene rings is 6. The molecule has 2 aliphatic heterocycles. The Morgan fingerprint density at radius 1 is 0.405 bits per heavy atom. The third-order valence-corrected chi connectivity index (χ3v) is 8.26. The predicted molar refractivity (Wildman–Crippen MR) is 179 cm³/mol. The van der Waals surface area contributed by atoms with Gasteiger partial charge in [-0.2, -0.15) is 0 Å². The van der Waals surface area contributed by atoms with Gasteiger partial charge in [0.05, 0.1) is 22.8 Å². The van der Waals surface area contributed by atoms with Crippen molar-refractivity contribution < 1.29 is 0 Å². The number of hydrogen-bond acceptors (Lipinski definition) is 2. The SMILES string of the molecule is C=Cc1ccc2cc3c(cc2c1)/C(=C1\N=C(c2ccccc2)c2cc4ccc(C=C)cc4cc21)N=C3c1ccccc1. The van der Waals surface area contributed by atoms with Crippen LogP contribution in [0.25, 0.3) is 45.1 Å². The monoisotopic (exact) mass is 534 g/mol. The zero-order valence-corrected chi connectivity index (χ0v) is 23.0. The molecule has 0 saturated carbocycles. The van der Waals surface area contributed by atoms with Crippen LogP contribution in [0.15, 0.2) is 144 Å². The van der Waals surface area contributed by atoms with Crippen molar-refractivity contribution in [3.8, 4) is 0 Å². The van der Waals surface area contributed by atoms with Gasteiger partial charge in [0.2, 0.25) is 0 Å². The summed E-state index contributed by atoms with van der Waals surface area (Å²) in [7, 11) is 0. The lowest BCUT2D eigenvalue weighted by molar-refractivity contribution is 1.51. The van der Waals surface area contributed by atoms with Crippen LogP contribution in [-0.2, 0) is 0 Å². The van der Waals surface area contributed by atoms with Crippen molar-refractivity contribution in [1.29, 1.82) is 0 Å². The molecule has 0 fully saturated rings. The molecule has 2 heteroatoms. The molecule has 0 spiro atoms. The van der Waals surface area contributed by atoms with Crippen LogP contribution in [0.2, 0.25) is 0 Å². The van der Waals surface area contributed by atoms with E-state index in [0.29, 0.717) is 0 Å². The summed E-state index contributed by atoms with van der Waals surface area (Å²) in [4.78, 5) is 10.7. The minimum absolute atomic E-state index is 0.904. The van der Waals surface area contributed by atoms with Crippen molar-refractivity contribution in [1.82, 2.24) is 0 Å². The molecule has 2 nitrogen and oxygen atoms in total. The number of nitrogens with zero attached hydrogens (tertiary/aromatic N) is 2. The van der Waals surface area contributed by atoms with E-state index in [-0.39, 0.29) is 0 Å². The van der Waals surface area contributed by atoms with Gasteiger partial charge >= 0.3 is 0 Å². The van der Waals surface area contributed by atoms with Gasteiger partial charge in [0.25, 0.3) is 0 Å². The number of fused-ring (bicyclic) bond motifs is 4. The molecular formula is C40H26N2. The van der Waals surface area contributed by atoms with Gasteiger partial charge in [-0.15, -0.1) is 0 Å². The summed E-state index contributed by atoms with van der Waals surface area (Å²) in [5.74, 6) is 0. The summed E-state index contributed by atoms with van der Waals surface area (Å²) < 4.78 is 0. The van der Waals surface area contributed by atoms with Crippen LogP contribution in [0.3, 0.4) is 0 Å². The highest BCUT2D eigenvalue weighted by molar-refractivity contribution is 6.28. The van der Waals surface area contributed by atoms with E-state index in [0.717, 1.165) is 78.1 Å². The first-order chi connectivity index (χ1) is 20.7. The summed E-state index contributed by atoms with van der Waals surface area (Å²) in [5, 5.41) is 4.68. The van der Waals surface area contributed by atoms with Crippen molar-refractivity contribution in [3.05, 3.63) is 179 Å². The number of aliphatic imine (C=N–C) groups is 2. The lowest BCUT2D eigenvalue weighted by atomic mass is 9.92. The van der Waals surface area contributed by atoms with Gasteiger partial charge in [-0.1, -0.05) is 110 Å². The molecule has 0 amide bonds. The molecular weight excluding hydrogens is 508 g/mol. The Hall–Kier alpha value is -5.60. The fourth-order valence-corrected chi connectivity index (χ4v) is 6.13. The molecule has 0 aromatic heterocycles. The average molecular weight is 535 g/mol. The fraction of sp³-hybridized carbons (Fsp3) is 0. The summed E-state index contributed by atoms with van der Waals surface area (Å²) in [6.45, 7) is 7.97. The van der Waals surface area contributed by atoms with Gasteiger partial charge < -0.3 is 0 Å². The van der Waals surface area contributed by atoms with Crippen molar-refractivity contribution >= 4 is 56.5 Å². The fourth-order valence-electron chi connectivity index (χ4n) is 6.13. The van der Waals surface area contributed by atoms with Crippen LogP contribution >= 0.6 is 0 Å². The zero-order valence-electron chi connectivity index (χ0n) is 23.0. The molecule has 6 aromatic rings. The highest BCUT2D eigenvalue weighted by Crippen LogP contribution is 2.44. The lowest BCUT2D eigenvalue weighted by Crippen LogP contribution is -2.00. The average Bonchev–Trinajstić information content (AvgIpc) is 3.60. The van der Waals surface area contributed by atoms with Crippen LogP contribution in [0.5, 0.6) is 0 Å². The van der Waals surface area contributed by atoms with Gasteiger partial charge in [-0.05, 0) is 69.1 Å². The molecule has 0 N–H and O–H groups in total. The van der Waals surface area contributed by atoms with E-state index in [4.69, 9.17) is 9.98 Å². The van der Waals surface area contributed by atoms with Gasteiger partial charge in [-0.3, -0.25) is 0 Å². The second-order valence-electron chi connectivity index (χ2n) is 10.8. The largest absolute Gasteiger partial charge is 0.245 e. The van der Waals surface area contributed by atoms with Gasteiger partial charge in [0.1, 0.15) is 0 Å². The standard InChI is InChI=1S/C40H26N2/c1-3-25-15-17-29-21-33-35(23-31(29)19-25)39(41-37(33)27-11-7-5-8-12-27)40-36-24-32-20-26(4-2)16-18-30(32)22-34(36)38(42-40)28-13-9-6-10-14-28/h3-24H,1-2H2/b40-39+. The molecule has 0 aliphatic carbocycles. The summed E-state index contributed by atoms with van der Waals surface area (Å²) in [6, 6.07) is 42.9. The van der Waals surface area contributed by atoms with E-state index >= 15 is 0 Å². The Labute approximate surface area is 245 Å². The maximum Gasteiger partial charge on any atom is 0.0979 e. The van der Waals surface area contributed by atoms with E-state index in [9.17, 15) is 0 Å². The molecule has 0 radical (unpaired) electrons. The van der Waals surface area contributed by atoms with E-state index in [1.165, 1.54) is 10.8 Å². The minimum atomic E-state index is 0.904. The van der Waals surface area contributed by atoms with E-state index in [1.54, 1.807) is 0 Å². The van der Waals surface area contributed by atoms with Gasteiger partial charge in [0, 0.05) is 33.4 Å². The van der Waals surface area contributed by atoms with Crippen molar-refractivity contribution in [2.75, 3.05) is 0 Å². The Bertz CT molecular complexity index is 2040. The Morgan fingerprint density at radius 2 is 0.810 bits per heavy atom. The quantitative estimate of drug-likeness (QED) is 0.215. The molecule has 196 valence electrons. The number of hydrogen-bond donors (Lipinski definition) is 0. The Morgan fingerprint density at radius 3 is 1.21 bits per heavy atom. The first-order valence-corrected chi connectivity index (χ1v) is 14.1. The molecule has 0 bridgehead atoms. The maximum absolute atomic E-state index is 5.37. The highest BCUT2D eigenvalue weighted by atomic mass is 14.9. The van der Waals surface area contributed by atoms with Crippen LogP contribution in [0.4, 0.5) is 0 Å². The number of rotatable bonds is 4. The normalized spacial score (nSPS) is 15.3. The Balaban J connectivity index is 1.46. The van der Waals surface area contributed by atoms with E-state index in [1.807, 2.05) is 24.3 Å². The van der Waals surface area contributed by atoms with Crippen LogP contribution in [0, 0.1) is 0 Å². The second-order valence-corrected chi connectivity index (χ2v) is 10.8. The maximum atomic E-state index is 5.37. The Kier molecular flexibility index (Phi) is 5.48. The van der Waals surface area contributed by atoms with Crippen LogP contribution < -0.4 is 0 Å². The summed E-state index contributed by atoms with van der Waals surface area (Å²) >= 11 is 0. The molecule has 42 heavy (non-hydrogen) atoms. The van der Waals surface area contributed by atoms with Crippen molar-refractivity contribution in [2.24, 2.45) is 9.98 Å². The summed E-state index contributed by atoms with van der Waals surface area (Å²) in [6.07, 6.45) is 3.79. The van der Waals surface area contributed by atoms with Crippen molar-refractivity contribution in [2.45, 2.75) is 0 Å². The first-order valence-electron chi connectivity index (χ1n) is 14.1. The molecule has 6 aromatic carbocycles. The molecule has 2 heterocycles. The first kappa shape index (κ1) is 24.2. The second kappa shape index (κ2) is 9.50. The summed E-state index contributed by atoms with van der Waals surface area (Å²) in [5.41, 5.74) is 12.6. The van der Waals surface area contributed by atoms with Crippen LogP contribution in [0.1, 0.15) is 44.5 Å². The highest BCUT2D eigenvalue weighted by Gasteiger charge is 2.30. The smallest absolute Gasteiger partial charge is 0.0979 e. The van der Waals surface area contributed by atoms with Gasteiger partial charge in [-0.25, -0.2) is 9.98 Å². The third kappa shape index (κ3) is 3.81. The zero-order chi connectivity index (χ0) is 28.2. The van der Waals surface area contributed by atoms with E-state index in [2.05, 4.69) is 122 Å². The molecule has 0 unspecified atom stereocenters. The molecule has 2 aliphatic rings. The molecule has 0 saturated heterocycles. The van der Waals surface area contributed by atoms with Crippen LogP contribution in [-0.4, -0.2) is 11.4 Å².